The number of nitrogens with one attached hydrogen (secondary N) is 1. The van der Waals surface area contributed by atoms with Gasteiger partial charge in [0.15, 0.2) is 0 Å². The van der Waals surface area contributed by atoms with Crippen LogP contribution in [-0.4, -0.2) is 17.2 Å². The molecule has 1 aliphatic rings. The van der Waals surface area contributed by atoms with E-state index in [1.807, 2.05) is 48.5 Å². The van der Waals surface area contributed by atoms with Gasteiger partial charge in [-0.3, -0.25) is 4.79 Å². The summed E-state index contributed by atoms with van der Waals surface area (Å²) in [5.41, 5.74) is 4.47. The van der Waals surface area contributed by atoms with Crippen molar-refractivity contribution in [3.05, 3.63) is 86.8 Å². The molecule has 0 spiro atoms. The van der Waals surface area contributed by atoms with Gasteiger partial charge in [-0.05, 0) is 40.2 Å². The first-order valence-electron chi connectivity index (χ1n) is 8.41. The summed E-state index contributed by atoms with van der Waals surface area (Å²) in [6.45, 7) is 0. The van der Waals surface area contributed by atoms with Crippen LogP contribution in [0, 0.1) is 0 Å². The van der Waals surface area contributed by atoms with Crippen LogP contribution in [0.3, 0.4) is 0 Å². The molecule has 1 amide bonds. The van der Waals surface area contributed by atoms with Crippen LogP contribution in [0.4, 0.5) is 0 Å². The van der Waals surface area contributed by atoms with Gasteiger partial charge in [-0.25, -0.2) is 5.43 Å². The van der Waals surface area contributed by atoms with E-state index in [1.165, 1.54) is 6.21 Å². The Balaban J connectivity index is 1.62. The summed E-state index contributed by atoms with van der Waals surface area (Å²) in [6, 6.07) is 18.0. The Morgan fingerprint density at radius 1 is 1.11 bits per heavy atom. The van der Waals surface area contributed by atoms with Crippen LogP contribution < -0.4 is 10.2 Å². The lowest BCUT2D eigenvalue weighted by atomic mass is 9.87. The standard InChI is InChI=1S/C21H14BrClN2O3/c22-16-10-13(23)9-12(20(16)26)11-24-25-21(27)19-14-5-1-3-7-17(14)28-18-8-4-2-6-15(18)19/h1-11,19,26H,(H,25,27). The number of benzene rings is 3. The fourth-order valence-electron chi connectivity index (χ4n) is 3.11. The zero-order chi connectivity index (χ0) is 19.7. The van der Waals surface area contributed by atoms with Crippen LogP contribution in [0.5, 0.6) is 17.2 Å². The minimum Gasteiger partial charge on any atom is -0.506 e. The predicted octanol–water partition coefficient (Wildman–Crippen LogP) is 5.20. The lowest BCUT2D eigenvalue weighted by molar-refractivity contribution is -0.121. The molecular weight excluding hydrogens is 444 g/mol. The van der Waals surface area contributed by atoms with E-state index in [2.05, 4.69) is 26.5 Å². The van der Waals surface area contributed by atoms with Crippen LogP contribution in [0.2, 0.25) is 5.02 Å². The van der Waals surface area contributed by atoms with Gasteiger partial charge in [0.05, 0.1) is 16.6 Å². The Hall–Kier alpha value is -2.83. The predicted molar refractivity (Wildman–Crippen MR) is 111 cm³/mol. The molecule has 140 valence electrons. The quantitative estimate of drug-likeness (QED) is 0.420. The number of ether oxygens (including phenoxy) is 1. The summed E-state index contributed by atoms with van der Waals surface area (Å²) in [7, 11) is 0. The number of phenols is 1. The van der Waals surface area contributed by atoms with Crippen molar-refractivity contribution < 1.29 is 14.6 Å². The zero-order valence-electron chi connectivity index (χ0n) is 14.4. The molecule has 28 heavy (non-hydrogen) atoms. The number of carbonyl (C=O) groups excluding carboxylic acids is 1. The highest BCUT2D eigenvalue weighted by molar-refractivity contribution is 9.10. The third-order valence-electron chi connectivity index (χ3n) is 4.38. The minimum absolute atomic E-state index is 0.0100. The first-order valence-corrected chi connectivity index (χ1v) is 9.58. The highest BCUT2D eigenvalue weighted by Crippen LogP contribution is 2.43. The second-order valence-corrected chi connectivity index (χ2v) is 7.46. The molecule has 2 N–H and O–H groups in total. The van der Waals surface area contributed by atoms with Crippen molar-refractivity contribution in [2.45, 2.75) is 5.92 Å². The van der Waals surface area contributed by atoms with Crippen molar-refractivity contribution >= 4 is 39.7 Å². The molecule has 1 heterocycles. The average molecular weight is 458 g/mol. The molecule has 0 fully saturated rings. The van der Waals surface area contributed by atoms with Crippen molar-refractivity contribution in [2.75, 3.05) is 0 Å². The Morgan fingerprint density at radius 3 is 2.36 bits per heavy atom. The van der Waals surface area contributed by atoms with Gasteiger partial charge in [0.2, 0.25) is 0 Å². The van der Waals surface area contributed by atoms with E-state index in [0.717, 1.165) is 11.1 Å². The summed E-state index contributed by atoms with van der Waals surface area (Å²) >= 11 is 9.21. The van der Waals surface area contributed by atoms with Gasteiger partial charge in [-0.15, -0.1) is 0 Å². The molecule has 0 bridgehead atoms. The molecule has 3 aromatic carbocycles. The van der Waals surface area contributed by atoms with Crippen molar-refractivity contribution in [3.63, 3.8) is 0 Å². The SMILES string of the molecule is O=C(NN=Cc1cc(Cl)cc(Br)c1O)C1c2ccccc2Oc2ccccc21. The molecule has 0 atom stereocenters. The molecule has 0 radical (unpaired) electrons. The number of halogens is 2. The summed E-state index contributed by atoms with van der Waals surface area (Å²) in [5, 5.41) is 14.5. The second kappa shape index (κ2) is 7.66. The van der Waals surface area contributed by atoms with Crippen LogP contribution in [0.15, 0.2) is 70.2 Å². The number of phenolic OH excluding ortho intramolecular Hbond substituents is 1. The van der Waals surface area contributed by atoms with Crippen molar-refractivity contribution in [1.82, 2.24) is 5.43 Å². The normalized spacial score (nSPS) is 12.9. The molecule has 7 heteroatoms. The largest absolute Gasteiger partial charge is 0.506 e. The van der Waals surface area contributed by atoms with E-state index >= 15 is 0 Å². The van der Waals surface area contributed by atoms with Crippen LogP contribution in [-0.2, 0) is 4.79 Å². The van der Waals surface area contributed by atoms with Crippen LogP contribution in [0.25, 0.3) is 0 Å². The number of para-hydroxylation sites is 2. The maximum absolute atomic E-state index is 13.0. The van der Waals surface area contributed by atoms with Crippen LogP contribution >= 0.6 is 27.5 Å². The van der Waals surface area contributed by atoms with E-state index in [0.29, 0.717) is 26.6 Å². The Morgan fingerprint density at radius 2 is 1.71 bits per heavy atom. The third kappa shape index (κ3) is 3.48. The van der Waals surface area contributed by atoms with E-state index in [1.54, 1.807) is 12.1 Å². The molecule has 5 nitrogen and oxygen atoms in total. The molecule has 0 aliphatic carbocycles. The average Bonchev–Trinajstić information content (AvgIpc) is 2.69. The highest BCUT2D eigenvalue weighted by Gasteiger charge is 2.32. The summed E-state index contributed by atoms with van der Waals surface area (Å²) in [4.78, 5) is 13.0. The number of fused-ring (bicyclic) bond motifs is 2. The maximum atomic E-state index is 13.0. The number of carbonyl (C=O) groups is 1. The van der Waals surface area contributed by atoms with Crippen molar-refractivity contribution in [1.29, 1.82) is 0 Å². The molecule has 0 saturated heterocycles. The lowest BCUT2D eigenvalue weighted by Crippen LogP contribution is -2.28. The molecule has 0 aromatic heterocycles. The number of rotatable bonds is 3. The number of amides is 1. The second-order valence-electron chi connectivity index (χ2n) is 6.17. The maximum Gasteiger partial charge on any atom is 0.252 e. The highest BCUT2D eigenvalue weighted by atomic mass is 79.9. The molecular formula is C21H14BrClN2O3. The summed E-state index contributed by atoms with van der Waals surface area (Å²) in [6.07, 6.45) is 1.35. The summed E-state index contributed by atoms with van der Waals surface area (Å²) < 4.78 is 6.35. The lowest BCUT2D eigenvalue weighted by Gasteiger charge is -2.26. The summed E-state index contributed by atoms with van der Waals surface area (Å²) in [5.74, 6) is 0.408. The molecule has 4 rings (SSSR count). The monoisotopic (exact) mass is 456 g/mol. The Bertz CT molecular complexity index is 1060. The Kier molecular flexibility index (Phi) is 5.07. The van der Waals surface area contributed by atoms with E-state index < -0.39 is 5.92 Å². The molecule has 1 aliphatic heterocycles. The van der Waals surface area contributed by atoms with E-state index in [9.17, 15) is 9.90 Å². The number of hydrogen-bond acceptors (Lipinski definition) is 4. The fourth-order valence-corrected chi connectivity index (χ4v) is 3.94. The zero-order valence-corrected chi connectivity index (χ0v) is 16.7. The molecule has 0 unspecified atom stereocenters. The smallest absolute Gasteiger partial charge is 0.252 e. The van der Waals surface area contributed by atoms with Crippen molar-refractivity contribution in [3.8, 4) is 17.2 Å². The Labute approximate surface area is 174 Å². The first kappa shape index (κ1) is 18.5. The van der Waals surface area contributed by atoms with Gasteiger partial charge >= 0.3 is 0 Å². The van der Waals surface area contributed by atoms with Gasteiger partial charge in [0.1, 0.15) is 17.2 Å². The van der Waals surface area contributed by atoms with E-state index in [4.69, 9.17) is 16.3 Å². The third-order valence-corrected chi connectivity index (χ3v) is 5.20. The van der Waals surface area contributed by atoms with Crippen LogP contribution in [0.1, 0.15) is 22.6 Å². The molecule has 3 aromatic rings. The van der Waals surface area contributed by atoms with Gasteiger partial charge in [-0.1, -0.05) is 48.0 Å². The fraction of sp³-hybridized carbons (Fsp3) is 0.0476. The van der Waals surface area contributed by atoms with Gasteiger partial charge < -0.3 is 9.84 Å². The van der Waals surface area contributed by atoms with Crippen molar-refractivity contribution in [2.24, 2.45) is 5.10 Å². The van der Waals surface area contributed by atoms with Gasteiger partial charge in [0, 0.05) is 21.7 Å². The first-order chi connectivity index (χ1) is 13.5. The van der Waals surface area contributed by atoms with Gasteiger partial charge in [0.25, 0.3) is 5.91 Å². The number of aromatic hydroxyl groups is 1. The number of nitrogens with zero attached hydrogens (tertiary/aromatic N) is 1. The topological polar surface area (TPSA) is 70.9 Å². The number of hydrogen-bond donors (Lipinski definition) is 2. The number of hydrazone groups is 1. The van der Waals surface area contributed by atoms with Gasteiger partial charge in [-0.2, -0.15) is 5.10 Å². The minimum atomic E-state index is -0.557. The van der Waals surface area contributed by atoms with E-state index in [-0.39, 0.29) is 11.7 Å². The molecule has 0 saturated carbocycles.